The first-order chi connectivity index (χ1) is 10.5. The summed E-state index contributed by atoms with van der Waals surface area (Å²) >= 11 is 0. The second-order valence-corrected chi connectivity index (χ2v) is 5.68. The van der Waals surface area contributed by atoms with Gasteiger partial charge in [-0.05, 0) is 31.0 Å². The number of fused-ring (bicyclic) bond motifs is 1. The number of benzene rings is 1. The number of methoxy groups -OCH3 is 1. The Labute approximate surface area is 130 Å². The van der Waals surface area contributed by atoms with E-state index in [9.17, 15) is 9.59 Å². The smallest absolute Gasteiger partial charge is 0.295 e. The van der Waals surface area contributed by atoms with Crippen molar-refractivity contribution in [2.45, 2.75) is 20.8 Å². The van der Waals surface area contributed by atoms with Crippen molar-refractivity contribution in [3.8, 4) is 5.75 Å². The minimum Gasteiger partial charge on any atom is -0.497 e. The molecule has 22 heavy (non-hydrogen) atoms. The summed E-state index contributed by atoms with van der Waals surface area (Å²) in [5.74, 6) is 0.0322. The molecular weight excluding hydrogens is 280 g/mol. The van der Waals surface area contributed by atoms with Crippen LogP contribution in [0.25, 0.3) is 10.9 Å². The first kappa shape index (κ1) is 16.1. The monoisotopic (exact) mass is 302 g/mol. The van der Waals surface area contributed by atoms with E-state index < -0.39 is 11.7 Å². The molecule has 0 bridgehead atoms. The predicted octanol–water partition coefficient (Wildman–Crippen LogP) is 2.86. The predicted molar refractivity (Wildman–Crippen MR) is 86.3 cm³/mol. The molecule has 1 heterocycles. The summed E-state index contributed by atoms with van der Waals surface area (Å²) in [6.07, 6.45) is 1.59. The van der Waals surface area contributed by atoms with Gasteiger partial charge in [-0.1, -0.05) is 13.8 Å². The van der Waals surface area contributed by atoms with E-state index in [0.29, 0.717) is 35.7 Å². The fraction of sp³-hybridized carbons (Fsp3) is 0.412. The molecule has 2 rings (SSSR count). The molecule has 1 amide bonds. The van der Waals surface area contributed by atoms with Gasteiger partial charge in [-0.25, -0.2) is 0 Å². The Bertz CT molecular complexity index is 688. The Balaban J connectivity index is 2.34. The van der Waals surface area contributed by atoms with Crippen molar-refractivity contribution in [1.82, 2.24) is 9.88 Å². The minimum atomic E-state index is -0.484. The van der Waals surface area contributed by atoms with Crippen molar-refractivity contribution in [3.63, 3.8) is 0 Å². The maximum absolute atomic E-state index is 12.5. The summed E-state index contributed by atoms with van der Waals surface area (Å²) in [4.78, 5) is 29.6. The van der Waals surface area contributed by atoms with Crippen LogP contribution in [0, 0.1) is 5.92 Å². The van der Waals surface area contributed by atoms with Crippen molar-refractivity contribution < 1.29 is 14.3 Å². The lowest BCUT2D eigenvalue weighted by molar-refractivity contribution is -0.126. The minimum absolute atomic E-state index is 0.319. The van der Waals surface area contributed by atoms with Gasteiger partial charge in [0.05, 0.1) is 12.7 Å². The molecule has 5 nitrogen and oxygen atoms in total. The first-order valence-electron chi connectivity index (χ1n) is 7.46. The molecule has 1 aromatic carbocycles. The number of carbonyl (C=O) groups is 2. The maximum atomic E-state index is 12.5. The van der Waals surface area contributed by atoms with Crippen molar-refractivity contribution in [3.05, 3.63) is 30.0 Å². The van der Waals surface area contributed by atoms with Gasteiger partial charge in [0.1, 0.15) is 5.75 Å². The van der Waals surface area contributed by atoms with Gasteiger partial charge >= 0.3 is 0 Å². The SMILES string of the molecule is CCN(CC(C)C)C(=O)C(=O)c1c[nH]c2ccc(OC)cc12. The largest absolute Gasteiger partial charge is 0.497 e. The fourth-order valence-corrected chi connectivity index (χ4v) is 2.47. The standard InChI is InChI=1S/C17H22N2O3/c1-5-19(10-11(2)3)17(21)16(20)14-9-18-15-7-6-12(22-4)8-13(14)15/h6-9,11,18H,5,10H2,1-4H3. The third kappa shape index (κ3) is 3.13. The average molecular weight is 302 g/mol. The van der Waals surface area contributed by atoms with Crippen LogP contribution in [0.5, 0.6) is 5.75 Å². The van der Waals surface area contributed by atoms with Gasteiger partial charge < -0.3 is 14.6 Å². The van der Waals surface area contributed by atoms with Crippen LogP contribution in [0.3, 0.4) is 0 Å². The summed E-state index contributed by atoms with van der Waals surface area (Å²) in [6, 6.07) is 5.41. The first-order valence-corrected chi connectivity index (χ1v) is 7.46. The average Bonchev–Trinajstić information content (AvgIpc) is 2.93. The molecule has 1 aromatic heterocycles. The number of ketones is 1. The van der Waals surface area contributed by atoms with Crippen LogP contribution in [0.1, 0.15) is 31.1 Å². The lowest BCUT2D eigenvalue weighted by Crippen LogP contribution is -2.38. The molecule has 0 aliphatic heterocycles. The van der Waals surface area contributed by atoms with E-state index >= 15 is 0 Å². The van der Waals surface area contributed by atoms with Crippen molar-refractivity contribution in [2.24, 2.45) is 5.92 Å². The zero-order valence-corrected chi connectivity index (χ0v) is 13.5. The molecule has 0 fully saturated rings. The Morgan fingerprint density at radius 2 is 2.05 bits per heavy atom. The fourth-order valence-electron chi connectivity index (χ4n) is 2.47. The molecule has 0 saturated carbocycles. The lowest BCUT2D eigenvalue weighted by Gasteiger charge is -2.21. The summed E-state index contributed by atoms with van der Waals surface area (Å²) < 4.78 is 5.19. The van der Waals surface area contributed by atoms with Gasteiger partial charge in [0.2, 0.25) is 0 Å². The van der Waals surface area contributed by atoms with Crippen LogP contribution in [-0.2, 0) is 4.79 Å². The van der Waals surface area contributed by atoms with E-state index in [1.54, 1.807) is 24.3 Å². The van der Waals surface area contributed by atoms with Crippen molar-refractivity contribution in [1.29, 1.82) is 0 Å². The molecule has 0 spiro atoms. The molecular formula is C17H22N2O3. The van der Waals surface area contributed by atoms with Crippen LogP contribution >= 0.6 is 0 Å². The molecule has 0 radical (unpaired) electrons. The number of Topliss-reactive ketones (excluding diaryl/α,β-unsaturated/α-hetero) is 1. The highest BCUT2D eigenvalue weighted by Crippen LogP contribution is 2.24. The highest BCUT2D eigenvalue weighted by molar-refractivity contribution is 6.44. The summed E-state index contributed by atoms with van der Waals surface area (Å²) in [5.41, 5.74) is 1.20. The molecule has 118 valence electrons. The van der Waals surface area contributed by atoms with Crippen LogP contribution in [0.15, 0.2) is 24.4 Å². The van der Waals surface area contributed by atoms with Crippen LogP contribution in [0.2, 0.25) is 0 Å². The molecule has 0 saturated heterocycles. The molecule has 0 atom stereocenters. The topological polar surface area (TPSA) is 62.4 Å². The van der Waals surface area contributed by atoms with Crippen molar-refractivity contribution in [2.75, 3.05) is 20.2 Å². The normalized spacial score (nSPS) is 11.0. The molecule has 2 aromatic rings. The second-order valence-electron chi connectivity index (χ2n) is 5.68. The van der Waals surface area contributed by atoms with Gasteiger partial charge in [-0.15, -0.1) is 0 Å². The van der Waals surface area contributed by atoms with E-state index in [4.69, 9.17) is 4.74 Å². The number of nitrogens with one attached hydrogen (secondary N) is 1. The van der Waals surface area contributed by atoms with Gasteiger partial charge in [0, 0.05) is 30.2 Å². The number of nitrogens with zero attached hydrogens (tertiary/aromatic N) is 1. The number of likely N-dealkylation sites (N-methyl/N-ethyl adjacent to an activating group) is 1. The van der Waals surface area contributed by atoms with Crippen LogP contribution in [-0.4, -0.2) is 41.8 Å². The third-order valence-corrected chi connectivity index (χ3v) is 3.58. The van der Waals surface area contributed by atoms with Crippen LogP contribution in [0.4, 0.5) is 0 Å². The number of ether oxygens (including phenoxy) is 1. The van der Waals surface area contributed by atoms with E-state index in [1.165, 1.54) is 0 Å². The van der Waals surface area contributed by atoms with Gasteiger partial charge in [0.25, 0.3) is 11.7 Å². The van der Waals surface area contributed by atoms with Crippen molar-refractivity contribution >= 4 is 22.6 Å². The Morgan fingerprint density at radius 1 is 1.32 bits per heavy atom. The van der Waals surface area contributed by atoms with E-state index in [2.05, 4.69) is 4.98 Å². The Kier molecular flexibility index (Phi) is 4.85. The highest BCUT2D eigenvalue weighted by Gasteiger charge is 2.25. The number of hydrogen-bond acceptors (Lipinski definition) is 3. The molecule has 5 heteroatoms. The number of H-pyrrole nitrogens is 1. The Hall–Kier alpha value is -2.30. The molecule has 1 N–H and O–H groups in total. The molecule has 0 unspecified atom stereocenters. The highest BCUT2D eigenvalue weighted by atomic mass is 16.5. The summed E-state index contributed by atoms with van der Waals surface area (Å²) in [5, 5.41) is 0.707. The number of carbonyl (C=O) groups excluding carboxylic acids is 2. The Morgan fingerprint density at radius 3 is 2.64 bits per heavy atom. The molecule has 0 aliphatic carbocycles. The number of aromatic amines is 1. The number of aromatic nitrogens is 1. The van der Waals surface area contributed by atoms with Gasteiger partial charge in [-0.3, -0.25) is 9.59 Å². The van der Waals surface area contributed by atoms with Gasteiger partial charge in [-0.2, -0.15) is 0 Å². The zero-order chi connectivity index (χ0) is 16.3. The maximum Gasteiger partial charge on any atom is 0.295 e. The van der Waals surface area contributed by atoms with Crippen LogP contribution < -0.4 is 4.74 Å². The zero-order valence-electron chi connectivity index (χ0n) is 13.5. The summed E-state index contributed by atoms with van der Waals surface area (Å²) in [6.45, 7) is 7.03. The quantitative estimate of drug-likeness (QED) is 0.659. The summed E-state index contributed by atoms with van der Waals surface area (Å²) in [7, 11) is 1.57. The number of hydrogen-bond donors (Lipinski definition) is 1. The lowest BCUT2D eigenvalue weighted by atomic mass is 10.1. The van der Waals surface area contributed by atoms with E-state index in [-0.39, 0.29) is 0 Å². The number of amides is 1. The molecule has 0 aliphatic rings. The van der Waals surface area contributed by atoms with Gasteiger partial charge in [0.15, 0.2) is 0 Å². The second kappa shape index (κ2) is 6.64. The van der Waals surface area contributed by atoms with E-state index in [1.807, 2.05) is 32.9 Å². The third-order valence-electron chi connectivity index (χ3n) is 3.58. The number of rotatable bonds is 6. The van der Waals surface area contributed by atoms with E-state index in [0.717, 1.165) is 5.52 Å².